The lowest BCUT2D eigenvalue weighted by Gasteiger charge is -2.21. The molecule has 2 N–H and O–H groups in total. The van der Waals surface area contributed by atoms with Crippen molar-refractivity contribution in [3.05, 3.63) is 58.0 Å². The molecule has 0 fully saturated rings. The third kappa shape index (κ3) is 2.82. The molecule has 0 aliphatic heterocycles. The van der Waals surface area contributed by atoms with Gasteiger partial charge >= 0.3 is 0 Å². The van der Waals surface area contributed by atoms with Gasteiger partial charge in [-0.05, 0) is 38.7 Å². The number of hydrogen-bond donors (Lipinski definition) is 2. The van der Waals surface area contributed by atoms with E-state index in [4.69, 9.17) is 0 Å². The van der Waals surface area contributed by atoms with Gasteiger partial charge in [0.1, 0.15) is 0 Å². The van der Waals surface area contributed by atoms with Crippen LogP contribution in [0.2, 0.25) is 0 Å². The Kier molecular flexibility index (Phi) is 4.09. The summed E-state index contributed by atoms with van der Waals surface area (Å²) in [4.78, 5) is 27.0. The molecule has 2 aromatic rings. The van der Waals surface area contributed by atoms with Crippen molar-refractivity contribution in [3.63, 3.8) is 0 Å². The highest BCUT2D eigenvalue weighted by Crippen LogP contribution is 2.21. The van der Waals surface area contributed by atoms with Crippen molar-refractivity contribution >= 4 is 16.7 Å². The lowest BCUT2D eigenvalue weighted by Crippen LogP contribution is -2.35. The first-order chi connectivity index (χ1) is 10.7. The summed E-state index contributed by atoms with van der Waals surface area (Å²) in [5.41, 5.74) is 1.64. The maximum absolute atomic E-state index is 12.6. The standard InChI is InChI=1S/C18H20N2O2/c1-12(13-7-3-2-4-8-13)20-18(22)16-11-19-17(21)15-10-6-5-9-14(15)16/h5-7,9-12H,2-4,8H2,1H3,(H,19,21)(H,20,22)/t12-/m1/s1. The Morgan fingerprint density at radius 3 is 2.73 bits per heavy atom. The van der Waals surface area contributed by atoms with Gasteiger partial charge in [-0.2, -0.15) is 0 Å². The summed E-state index contributed by atoms with van der Waals surface area (Å²) in [5.74, 6) is -0.147. The van der Waals surface area contributed by atoms with Crippen LogP contribution in [0.5, 0.6) is 0 Å². The lowest BCUT2D eigenvalue weighted by molar-refractivity contribution is 0.0946. The number of carbonyl (C=O) groups excluding carboxylic acids is 1. The van der Waals surface area contributed by atoms with Crippen molar-refractivity contribution in [1.29, 1.82) is 0 Å². The summed E-state index contributed by atoms with van der Waals surface area (Å²) in [5, 5.41) is 4.28. The van der Waals surface area contributed by atoms with Gasteiger partial charge in [0.05, 0.1) is 5.56 Å². The molecule has 0 unspecified atom stereocenters. The normalized spacial score (nSPS) is 16.1. The molecule has 0 saturated carbocycles. The second-order valence-corrected chi connectivity index (χ2v) is 5.80. The van der Waals surface area contributed by atoms with Gasteiger partial charge in [0.25, 0.3) is 11.5 Å². The first kappa shape index (κ1) is 14.6. The van der Waals surface area contributed by atoms with E-state index in [-0.39, 0.29) is 17.5 Å². The fourth-order valence-electron chi connectivity index (χ4n) is 3.02. The number of H-pyrrole nitrogens is 1. The summed E-state index contributed by atoms with van der Waals surface area (Å²) in [6, 6.07) is 7.21. The van der Waals surface area contributed by atoms with Gasteiger partial charge in [0.2, 0.25) is 0 Å². The molecule has 114 valence electrons. The van der Waals surface area contributed by atoms with Crippen LogP contribution < -0.4 is 10.9 Å². The van der Waals surface area contributed by atoms with Crippen LogP contribution in [-0.2, 0) is 0 Å². The molecule has 4 nitrogen and oxygen atoms in total. The SMILES string of the molecule is C[C@@H](NC(=O)c1c[nH]c(=O)c2ccccc12)C1=CCCCC1. The highest BCUT2D eigenvalue weighted by atomic mass is 16.2. The molecule has 1 aliphatic rings. The van der Waals surface area contributed by atoms with Crippen LogP contribution >= 0.6 is 0 Å². The van der Waals surface area contributed by atoms with Crippen molar-refractivity contribution in [2.45, 2.75) is 38.6 Å². The summed E-state index contributed by atoms with van der Waals surface area (Å²) in [7, 11) is 0. The highest BCUT2D eigenvalue weighted by Gasteiger charge is 2.17. The van der Waals surface area contributed by atoms with Crippen LogP contribution in [-0.4, -0.2) is 16.9 Å². The number of nitrogens with one attached hydrogen (secondary N) is 2. The van der Waals surface area contributed by atoms with E-state index in [0.29, 0.717) is 16.3 Å². The average Bonchev–Trinajstić information content (AvgIpc) is 2.56. The van der Waals surface area contributed by atoms with Gasteiger partial charge in [-0.3, -0.25) is 9.59 Å². The molecule has 1 aliphatic carbocycles. The van der Waals surface area contributed by atoms with Gasteiger partial charge in [-0.15, -0.1) is 0 Å². The van der Waals surface area contributed by atoms with Crippen molar-refractivity contribution in [2.75, 3.05) is 0 Å². The molecule has 4 heteroatoms. The number of aromatic nitrogens is 1. The second kappa shape index (κ2) is 6.18. The minimum atomic E-state index is -0.171. The van der Waals surface area contributed by atoms with Gasteiger partial charge in [-0.25, -0.2) is 0 Å². The Bertz CT molecular complexity index is 789. The number of hydrogen-bond acceptors (Lipinski definition) is 2. The fraction of sp³-hybridized carbons (Fsp3) is 0.333. The van der Waals surface area contributed by atoms with Crippen molar-refractivity contribution < 1.29 is 4.79 Å². The van der Waals surface area contributed by atoms with Crippen LogP contribution in [0.4, 0.5) is 0 Å². The van der Waals surface area contributed by atoms with Crippen LogP contribution in [0.15, 0.2) is 46.9 Å². The van der Waals surface area contributed by atoms with Crippen LogP contribution in [0.1, 0.15) is 43.0 Å². The highest BCUT2D eigenvalue weighted by molar-refractivity contribution is 6.06. The summed E-state index contributed by atoms with van der Waals surface area (Å²) in [6.07, 6.45) is 8.30. The summed E-state index contributed by atoms with van der Waals surface area (Å²) in [6.45, 7) is 2.02. The predicted octanol–water partition coefficient (Wildman–Crippen LogP) is 3.15. The first-order valence-electron chi connectivity index (χ1n) is 7.77. The average molecular weight is 296 g/mol. The molecule has 3 rings (SSSR count). The zero-order valence-corrected chi connectivity index (χ0v) is 12.7. The van der Waals surface area contributed by atoms with E-state index < -0.39 is 0 Å². The molecular formula is C18H20N2O2. The Morgan fingerprint density at radius 2 is 2.00 bits per heavy atom. The monoisotopic (exact) mass is 296 g/mol. The lowest BCUT2D eigenvalue weighted by atomic mass is 9.94. The fourth-order valence-corrected chi connectivity index (χ4v) is 3.02. The first-order valence-corrected chi connectivity index (χ1v) is 7.77. The molecule has 1 aromatic heterocycles. The van der Waals surface area contributed by atoms with E-state index in [1.54, 1.807) is 12.1 Å². The Morgan fingerprint density at radius 1 is 1.23 bits per heavy atom. The second-order valence-electron chi connectivity index (χ2n) is 5.80. The van der Waals surface area contributed by atoms with Gasteiger partial charge in [-0.1, -0.05) is 29.8 Å². The molecule has 0 saturated heterocycles. The van der Waals surface area contributed by atoms with E-state index in [1.165, 1.54) is 24.6 Å². The molecule has 1 atom stereocenters. The quantitative estimate of drug-likeness (QED) is 0.855. The predicted molar refractivity (Wildman–Crippen MR) is 88.0 cm³/mol. The topological polar surface area (TPSA) is 62.0 Å². The van der Waals surface area contributed by atoms with E-state index in [0.717, 1.165) is 12.8 Å². The number of amides is 1. The number of allylic oxidation sites excluding steroid dienone is 1. The van der Waals surface area contributed by atoms with E-state index in [9.17, 15) is 9.59 Å². The summed E-state index contributed by atoms with van der Waals surface area (Å²) < 4.78 is 0. The largest absolute Gasteiger partial charge is 0.346 e. The van der Waals surface area contributed by atoms with Crippen LogP contribution in [0.25, 0.3) is 10.8 Å². The van der Waals surface area contributed by atoms with Gasteiger partial charge in [0, 0.05) is 23.0 Å². The number of benzene rings is 1. The Labute approximate surface area is 129 Å². The smallest absolute Gasteiger partial charge is 0.255 e. The Balaban J connectivity index is 1.88. The van der Waals surface area contributed by atoms with Crippen molar-refractivity contribution in [2.24, 2.45) is 0 Å². The van der Waals surface area contributed by atoms with E-state index in [2.05, 4.69) is 16.4 Å². The zero-order chi connectivity index (χ0) is 15.5. The molecule has 22 heavy (non-hydrogen) atoms. The van der Waals surface area contributed by atoms with E-state index in [1.807, 2.05) is 19.1 Å². The molecule has 0 spiro atoms. The van der Waals surface area contributed by atoms with Crippen LogP contribution in [0, 0.1) is 0 Å². The number of pyridine rings is 1. The van der Waals surface area contributed by atoms with Crippen molar-refractivity contribution in [3.8, 4) is 0 Å². The van der Waals surface area contributed by atoms with Gasteiger partial charge in [0.15, 0.2) is 0 Å². The Hall–Kier alpha value is -2.36. The summed E-state index contributed by atoms with van der Waals surface area (Å²) >= 11 is 0. The number of carbonyl (C=O) groups is 1. The number of rotatable bonds is 3. The minimum absolute atomic E-state index is 0.0264. The minimum Gasteiger partial charge on any atom is -0.346 e. The maximum Gasteiger partial charge on any atom is 0.255 e. The molecular weight excluding hydrogens is 276 g/mol. The number of fused-ring (bicyclic) bond motifs is 1. The van der Waals surface area contributed by atoms with Gasteiger partial charge < -0.3 is 10.3 Å². The van der Waals surface area contributed by atoms with E-state index >= 15 is 0 Å². The molecule has 1 heterocycles. The third-order valence-electron chi connectivity index (χ3n) is 4.28. The number of aromatic amines is 1. The third-order valence-corrected chi connectivity index (χ3v) is 4.28. The van der Waals surface area contributed by atoms with Crippen molar-refractivity contribution in [1.82, 2.24) is 10.3 Å². The molecule has 0 bridgehead atoms. The molecule has 1 amide bonds. The maximum atomic E-state index is 12.6. The molecule has 0 radical (unpaired) electrons. The van der Waals surface area contributed by atoms with Crippen LogP contribution in [0.3, 0.4) is 0 Å². The zero-order valence-electron chi connectivity index (χ0n) is 12.7. The molecule has 1 aromatic carbocycles.